The van der Waals surface area contributed by atoms with Crippen LogP contribution in [0.3, 0.4) is 0 Å². The van der Waals surface area contributed by atoms with Gasteiger partial charge in [0.15, 0.2) is 0 Å². The average molecular weight is 299 g/mol. The molecular formula is C15H27ClN4. The number of hydrogen-bond donors (Lipinski definition) is 1. The van der Waals surface area contributed by atoms with Crippen molar-refractivity contribution < 1.29 is 0 Å². The molecule has 114 valence electrons. The molecule has 1 aromatic rings. The molecule has 1 aromatic heterocycles. The van der Waals surface area contributed by atoms with E-state index >= 15 is 0 Å². The van der Waals surface area contributed by atoms with Crippen LogP contribution in [0.1, 0.15) is 38.3 Å². The number of aromatic nitrogens is 2. The van der Waals surface area contributed by atoms with Crippen LogP contribution in [0.4, 0.5) is 0 Å². The molecule has 2 saturated heterocycles. The van der Waals surface area contributed by atoms with Gasteiger partial charge in [0.05, 0.1) is 5.69 Å². The van der Waals surface area contributed by atoms with Gasteiger partial charge in [-0.25, -0.2) is 0 Å². The molecule has 4 nitrogen and oxygen atoms in total. The maximum Gasteiger partial charge on any atom is 0.0524 e. The largest absolute Gasteiger partial charge is 0.314 e. The molecule has 20 heavy (non-hydrogen) atoms. The van der Waals surface area contributed by atoms with E-state index in [0.717, 1.165) is 25.0 Å². The second-order valence-electron chi connectivity index (χ2n) is 5.95. The molecule has 2 aliphatic rings. The van der Waals surface area contributed by atoms with E-state index in [0.29, 0.717) is 0 Å². The zero-order valence-electron chi connectivity index (χ0n) is 12.4. The Morgan fingerprint density at radius 1 is 1.30 bits per heavy atom. The summed E-state index contributed by atoms with van der Waals surface area (Å²) < 4.78 is 2.12. The number of halogens is 1. The number of hydrogen-bond acceptors (Lipinski definition) is 3. The lowest BCUT2D eigenvalue weighted by Gasteiger charge is -2.34. The molecule has 0 aliphatic carbocycles. The molecule has 5 heteroatoms. The summed E-state index contributed by atoms with van der Waals surface area (Å²) in [5, 5.41) is 8.03. The van der Waals surface area contributed by atoms with Gasteiger partial charge in [-0.1, -0.05) is 0 Å². The summed E-state index contributed by atoms with van der Waals surface area (Å²) in [6.07, 6.45) is 7.41. The maximum absolute atomic E-state index is 4.36. The third-order valence-corrected chi connectivity index (χ3v) is 4.79. The van der Waals surface area contributed by atoms with E-state index in [1.807, 2.05) is 6.20 Å². The summed E-state index contributed by atoms with van der Waals surface area (Å²) in [4.78, 5) is 2.59. The van der Waals surface area contributed by atoms with Crippen LogP contribution in [-0.4, -0.2) is 40.4 Å². The monoisotopic (exact) mass is 298 g/mol. The molecule has 0 spiro atoms. The van der Waals surface area contributed by atoms with Gasteiger partial charge in [0, 0.05) is 25.3 Å². The van der Waals surface area contributed by atoms with E-state index in [-0.39, 0.29) is 12.4 Å². The van der Waals surface area contributed by atoms with Crippen molar-refractivity contribution in [1.29, 1.82) is 0 Å². The smallest absolute Gasteiger partial charge is 0.0524 e. The van der Waals surface area contributed by atoms with E-state index in [9.17, 15) is 0 Å². The first-order valence-electron chi connectivity index (χ1n) is 7.83. The van der Waals surface area contributed by atoms with Crippen LogP contribution in [0.25, 0.3) is 0 Å². The van der Waals surface area contributed by atoms with Crippen LogP contribution in [0.15, 0.2) is 12.3 Å². The fourth-order valence-corrected chi connectivity index (χ4v) is 3.64. The van der Waals surface area contributed by atoms with Crippen molar-refractivity contribution in [3.8, 4) is 0 Å². The van der Waals surface area contributed by atoms with E-state index in [1.54, 1.807) is 0 Å². The SMILES string of the molecule is CCn1nccc1CN1CCC(C2CCCN2)CC1.Cl. The highest BCUT2D eigenvalue weighted by molar-refractivity contribution is 5.85. The van der Waals surface area contributed by atoms with Gasteiger partial charge >= 0.3 is 0 Å². The summed E-state index contributed by atoms with van der Waals surface area (Å²) in [6.45, 7) is 7.94. The van der Waals surface area contributed by atoms with Gasteiger partial charge in [-0.2, -0.15) is 5.10 Å². The van der Waals surface area contributed by atoms with Crippen molar-refractivity contribution in [1.82, 2.24) is 20.0 Å². The Bertz CT molecular complexity index is 392. The third-order valence-electron chi connectivity index (χ3n) is 4.79. The molecule has 3 rings (SSSR count). The standard InChI is InChI=1S/C15H26N4.ClH/c1-2-19-14(5-9-17-19)12-18-10-6-13(7-11-18)15-4-3-8-16-15;/h5,9,13,15-16H,2-4,6-8,10-12H2,1H3;1H. The number of nitrogens with one attached hydrogen (secondary N) is 1. The van der Waals surface area contributed by atoms with Crippen molar-refractivity contribution in [2.45, 2.75) is 51.7 Å². The van der Waals surface area contributed by atoms with Gasteiger partial charge in [0.1, 0.15) is 0 Å². The summed E-state index contributed by atoms with van der Waals surface area (Å²) in [5.41, 5.74) is 1.36. The highest BCUT2D eigenvalue weighted by Gasteiger charge is 2.28. The first-order valence-corrected chi connectivity index (χ1v) is 7.83. The molecule has 0 saturated carbocycles. The van der Waals surface area contributed by atoms with Crippen LogP contribution in [-0.2, 0) is 13.1 Å². The summed E-state index contributed by atoms with van der Waals surface area (Å²) in [6, 6.07) is 2.97. The van der Waals surface area contributed by atoms with Crippen molar-refractivity contribution in [3.05, 3.63) is 18.0 Å². The molecule has 0 amide bonds. The number of nitrogens with zero attached hydrogens (tertiary/aromatic N) is 3. The normalized spacial score (nSPS) is 24.8. The van der Waals surface area contributed by atoms with Gasteiger partial charge in [0.2, 0.25) is 0 Å². The van der Waals surface area contributed by atoms with Gasteiger partial charge in [-0.05, 0) is 64.2 Å². The first kappa shape index (κ1) is 15.8. The maximum atomic E-state index is 4.36. The van der Waals surface area contributed by atoms with Crippen molar-refractivity contribution in [3.63, 3.8) is 0 Å². The Morgan fingerprint density at radius 2 is 2.10 bits per heavy atom. The number of aryl methyl sites for hydroxylation is 1. The fraction of sp³-hybridized carbons (Fsp3) is 0.800. The van der Waals surface area contributed by atoms with Crippen LogP contribution >= 0.6 is 12.4 Å². The Hall–Kier alpha value is -0.580. The number of piperidine rings is 1. The zero-order chi connectivity index (χ0) is 13.1. The summed E-state index contributed by atoms with van der Waals surface area (Å²) in [5.74, 6) is 0.912. The average Bonchev–Trinajstić information content (AvgIpc) is 3.10. The highest BCUT2D eigenvalue weighted by atomic mass is 35.5. The number of rotatable bonds is 4. The molecule has 0 aromatic carbocycles. The Morgan fingerprint density at radius 3 is 2.75 bits per heavy atom. The molecular weight excluding hydrogens is 272 g/mol. The highest BCUT2D eigenvalue weighted by Crippen LogP contribution is 2.26. The molecule has 2 aliphatic heterocycles. The molecule has 0 bridgehead atoms. The topological polar surface area (TPSA) is 33.1 Å². The van der Waals surface area contributed by atoms with Crippen LogP contribution in [0.5, 0.6) is 0 Å². The van der Waals surface area contributed by atoms with E-state index in [1.165, 1.54) is 51.0 Å². The van der Waals surface area contributed by atoms with Gasteiger partial charge < -0.3 is 5.32 Å². The molecule has 2 fully saturated rings. The molecule has 3 heterocycles. The third kappa shape index (κ3) is 3.54. The zero-order valence-corrected chi connectivity index (χ0v) is 13.2. The quantitative estimate of drug-likeness (QED) is 0.926. The Balaban J connectivity index is 0.00000147. The minimum absolute atomic E-state index is 0. The van der Waals surface area contributed by atoms with Crippen molar-refractivity contribution in [2.24, 2.45) is 5.92 Å². The van der Waals surface area contributed by atoms with E-state index in [2.05, 4.69) is 33.0 Å². The van der Waals surface area contributed by atoms with Crippen LogP contribution < -0.4 is 5.32 Å². The first-order chi connectivity index (χ1) is 9.36. The number of likely N-dealkylation sites (tertiary alicyclic amines) is 1. The lowest BCUT2D eigenvalue weighted by atomic mass is 9.88. The van der Waals surface area contributed by atoms with Gasteiger partial charge in [-0.15, -0.1) is 12.4 Å². The predicted octanol–water partition coefficient (Wildman–Crippen LogP) is 2.29. The fourth-order valence-electron chi connectivity index (χ4n) is 3.64. The van der Waals surface area contributed by atoms with E-state index < -0.39 is 0 Å². The summed E-state index contributed by atoms with van der Waals surface area (Å²) in [7, 11) is 0. The molecule has 0 radical (unpaired) electrons. The lowest BCUT2D eigenvalue weighted by Crippen LogP contribution is -2.40. The second kappa shape index (κ2) is 7.43. The van der Waals surface area contributed by atoms with Crippen molar-refractivity contribution >= 4 is 12.4 Å². The molecule has 1 N–H and O–H groups in total. The predicted molar refractivity (Wildman–Crippen MR) is 84.2 cm³/mol. The second-order valence-corrected chi connectivity index (χ2v) is 5.95. The van der Waals surface area contributed by atoms with E-state index in [4.69, 9.17) is 0 Å². The molecule has 1 atom stereocenters. The Labute approximate surface area is 128 Å². The van der Waals surface area contributed by atoms with Crippen LogP contribution in [0.2, 0.25) is 0 Å². The summed E-state index contributed by atoms with van der Waals surface area (Å²) >= 11 is 0. The van der Waals surface area contributed by atoms with Crippen molar-refractivity contribution in [2.75, 3.05) is 19.6 Å². The minimum Gasteiger partial charge on any atom is -0.314 e. The van der Waals surface area contributed by atoms with Crippen LogP contribution in [0, 0.1) is 5.92 Å². The molecule has 1 unspecified atom stereocenters. The lowest BCUT2D eigenvalue weighted by molar-refractivity contribution is 0.154. The van der Waals surface area contributed by atoms with Gasteiger partial charge in [-0.3, -0.25) is 9.58 Å². The Kier molecular flexibility index (Phi) is 5.87. The minimum atomic E-state index is 0. The van der Waals surface area contributed by atoms with Gasteiger partial charge in [0.25, 0.3) is 0 Å².